The lowest BCUT2D eigenvalue weighted by Gasteiger charge is -2.07. The Bertz CT molecular complexity index is 1250. The highest BCUT2D eigenvalue weighted by Crippen LogP contribution is 2.30. The van der Waals surface area contributed by atoms with Crippen LogP contribution in [-0.2, 0) is 11.3 Å². The van der Waals surface area contributed by atoms with E-state index in [1.54, 1.807) is 24.3 Å². The molecule has 0 aliphatic heterocycles. The molecule has 0 amide bonds. The highest BCUT2D eigenvalue weighted by molar-refractivity contribution is 7.17. The predicted molar refractivity (Wildman–Crippen MR) is 126 cm³/mol. The van der Waals surface area contributed by atoms with E-state index in [1.165, 1.54) is 11.3 Å². The quantitative estimate of drug-likeness (QED) is 0.267. The predicted octanol–water partition coefficient (Wildman–Crippen LogP) is 5.58. The van der Waals surface area contributed by atoms with E-state index in [1.807, 2.05) is 35.7 Å². The molecule has 0 fully saturated rings. The van der Waals surface area contributed by atoms with E-state index in [4.69, 9.17) is 9.47 Å². The maximum absolute atomic E-state index is 12.7. The third-order valence-electron chi connectivity index (χ3n) is 5.02. The van der Waals surface area contributed by atoms with Crippen LogP contribution < -0.4 is 10.3 Å². The summed E-state index contributed by atoms with van der Waals surface area (Å²) in [5.74, 6) is 0.552. The maximum Gasteiger partial charge on any atom is 0.338 e. The fourth-order valence-corrected chi connectivity index (χ4v) is 4.31. The molecule has 7 heteroatoms. The molecule has 2 heterocycles. The van der Waals surface area contributed by atoms with Gasteiger partial charge < -0.3 is 14.5 Å². The average molecular weight is 449 g/mol. The van der Waals surface area contributed by atoms with E-state index in [0.29, 0.717) is 28.2 Å². The van der Waals surface area contributed by atoms with Crippen LogP contribution in [0.1, 0.15) is 42.4 Å². The zero-order valence-electron chi connectivity index (χ0n) is 17.8. The summed E-state index contributed by atoms with van der Waals surface area (Å²) in [5.41, 5.74) is 1.98. The lowest BCUT2D eigenvalue weighted by molar-refractivity contribution is 0.0462. The molecule has 0 spiro atoms. The van der Waals surface area contributed by atoms with Gasteiger partial charge in [-0.3, -0.25) is 4.79 Å². The number of H-pyrrole nitrogens is 1. The number of nitrogens with zero attached hydrogens (tertiary/aromatic N) is 1. The number of ether oxygens (including phenoxy) is 2. The number of hydrogen-bond acceptors (Lipinski definition) is 6. The number of aromatic amines is 1. The monoisotopic (exact) mass is 448 g/mol. The third-order valence-corrected chi connectivity index (χ3v) is 5.90. The molecule has 0 aliphatic carbocycles. The van der Waals surface area contributed by atoms with Crippen LogP contribution in [0.25, 0.3) is 21.3 Å². The van der Waals surface area contributed by atoms with Gasteiger partial charge in [-0.1, -0.05) is 50.1 Å². The molecule has 4 rings (SSSR count). The van der Waals surface area contributed by atoms with E-state index in [-0.39, 0.29) is 12.2 Å². The Morgan fingerprint density at radius 2 is 1.84 bits per heavy atom. The number of nitrogens with one attached hydrogen (secondary N) is 1. The van der Waals surface area contributed by atoms with Gasteiger partial charge in [0.05, 0.1) is 17.6 Å². The fraction of sp³-hybridized carbons (Fsp3) is 0.240. The van der Waals surface area contributed by atoms with Crippen molar-refractivity contribution in [3.63, 3.8) is 0 Å². The van der Waals surface area contributed by atoms with Gasteiger partial charge in [0, 0.05) is 10.9 Å². The van der Waals surface area contributed by atoms with Gasteiger partial charge >= 0.3 is 5.97 Å². The van der Waals surface area contributed by atoms with Gasteiger partial charge in [0.2, 0.25) is 0 Å². The van der Waals surface area contributed by atoms with Crippen molar-refractivity contribution in [2.24, 2.45) is 0 Å². The first-order chi connectivity index (χ1) is 15.7. The summed E-state index contributed by atoms with van der Waals surface area (Å²) < 4.78 is 11.0. The molecule has 4 aromatic rings. The molecular weight excluding hydrogens is 424 g/mol. The summed E-state index contributed by atoms with van der Waals surface area (Å²) in [7, 11) is 0. The number of carbonyl (C=O) groups excluding carboxylic acids is 1. The number of aromatic nitrogens is 2. The van der Waals surface area contributed by atoms with Crippen LogP contribution in [0.15, 0.2) is 64.8 Å². The minimum atomic E-state index is -0.485. The SMILES string of the molecule is CCCCCOc1ccc(C(=O)OCc2nc3scc(-c4ccccc4)c3c(=O)[nH]2)cc1. The van der Waals surface area contributed by atoms with E-state index in [9.17, 15) is 9.59 Å². The average Bonchev–Trinajstić information content (AvgIpc) is 3.26. The highest BCUT2D eigenvalue weighted by atomic mass is 32.1. The molecule has 2 aromatic heterocycles. The summed E-state index contributed by atoms with van der Waals surface area (Å²) in [6.07, 6.45) is 3.28. The topological polar surface area (TPSA) is 81.3 Å². The first kappa shape index (κ1) is 21.8. The lowest BCUT2D eigenvalue weighted by atomic mass is 10.1. The smallest absolute Gasteiger partial charge is 0.338 e. The molecule has 0 saturated heterocycles. The van der Waals surface area contributed by atoms with Crippen LogP contribution in [0.2, 0.25) is 0 Å². The Labute approximate surface area is 189 Å². The Morgan fingerprint density at radius 3 is 2.59 bits per heavy atom. The second kappa shape index (κ2) is 10.2. The molecule has 0 aliphatic rings. The standard InChI is InChI=1S/C25H24N2O4S/c1-2-3-7-14-30-19-12-10-18(11-13-19)25(29)31-15-21-26-23(28)22-20(16-32-24(22)27-21)17-8-5-4-6-9-17/h4-6,8-13,16H,2-3,7,14-15H2,1H3,(H,26,27,28). The summed E-state index contributed by atoms with van der Waals surface area (Å²) in [4.78, 5) is 32.9. The van der Waals surface area contributed by atoms with Gasteiger partial charge in [0.15, 0.2) is 0 Å². The molecule has 1 N–H and O–H groups in total. The first-order valence-electron chi connectivity index (χ1n) is 10.6. The van der Waals surface area contributed by atoms with Crippen molar-refractivity contribution < 1.29 is 14.3 Å². The number of carbonyl (C=O) groups is 1. The van der Waals surface area contributed by atoms with Crippen molar-refractivity contribution in [2.75, 3.05) is 6.61 Å². The van der Waals surface area contributed by atoms with Crippen molar-refractivity contribution in [1.82, 2.24) is 9.97 Å². The van der Waals surface area contributed by atoms with Crippen LogP contribution in [0.5, 0.6) is 5.75 Å². The van der Waals surface area contributed by atoms with Crippen LogP contribution in [0.4, 0.5) is 0 Å². The van der Waals surface area contributed by atoms with Crippen molar-refractivity contribution in [3.8, 4) is 16.9 Å². The number of unbranched alkanes of at least 4 members (excludes halogenated alkanes) is 2. The van der Waals surface area contributed by atoms with Gasteiger partial charge in [-0.25, -0.2) is 9.78 Å². The van der Waals surface area contributed by atoms with E-state index in [0.717, 1.165) is 36.1 Å². The van der Waals surface area contributed by atoms with Gasteiger partial charge in [-0.05, 0) is 36.2 Å². The fourth-order valence-electron chi connectivity index (χ4n) is 3.34. The number of esters is 1. The van der Waals surface area contributed by atoms with Crippen LogP contribution in [-0.4, -0.2) is 22.5 Å². The largest absolute Gasteiger partial charge is 0.494 e. The lowest BCUT2D eigenvalue weighted by Crippen LogP contribution is -2.14. The maximum atomic E-state index is 12.7. The second-order valence-electron chi connectivity index (χ2n) is 7.36. The minimum Gasteiger partial charge on any atom is -0.494 e. The molecular formula is C25H24N2O4S. The Morgan fingerprint density at radius 1 is 1.06 bits per heavy atom. The number of benzene rings is 2. The summed E-state index contributed by atoms with van der Waals surface area (Å²) in [5, 5.41) is 2.47. The Hall–Kier alpha value is -3.45. The van der Waals surface area contributed by atoms with E-state index >= 15 is 0 Å². The minimum absolute atomic E-state index is 0.113. The molecule has 0 saturated carbocycles. The summed E-state index contributed by atoms with van der Waals surface area (Å²) >= 11 is 1.39. The number of thiophene rings is 1. The van der Waals surface area contributed by atoms with Crippen molar-refractivity contribution in [2.45, 2.75) is 32.8 Å². The molecule has 0 bridgehead atoms. The van der Waals surface area contributed by atoms with Crippen LogP contribution in [0.3, 0.4) is 0 Å². The van der Waals surface area contributed by atoms with E-state index in [2.05, 4.69) is 16.9 Å². The molecule has 0 atom stereocenters. The van der Waals surface area contributed by atoms with Gasteiger partial charge in [0.25, 0.3) is 5.56 Å². The van der Waals surface area contributed by atoms with Crippen LogP contribution in [0, 0.1) is 0 Å². The van der Waals surface area contributed by atoms with E-state index < -0.39 is 5.97 Å². The van der Waals surface area contributed by atoms with Gasteiger partial charge in [-0.15, -0.1) is 11.3 Å². The van der Waals surface area contributed by atoms with Crippen molar-refractivity contribution in [3.05, 3.63) is 81.7 Å². The molecule has 164 valence electrons. The first-order valence-corrected chi connectivity index (χ1v) is 11.5. The summed E-state index contributed by atoms with van der Waals surface area (Å²) in [6.45, 7) is 2.69. The Balaban J connectivity index is 1.41. The number of hydrogen-bond donors (Lipinski definition) is 1. The number of rotatable bonds is 9. The molecule has 6 nitrogen and oxygen atoms in total. The summed E-state index contributed by atoms with van der Waals surface area (Å²) in [6, 6.07) is 16.6. The third kappa shape index (κ3) is 5.06. The Kier molecular flexibility index (Phi) is 6.97. The second-order valence-corrected chi connectivity index (χ2v) is 8.22. The normalized spacial score (nSPS) is 10.9. The zero-order valence-corrected chi connectivity index (χ0v) is 18.6. The number of fused-ring (bicyclic) bond motifs is 1. The van der Waals surface area contributed by atoms with Gasteiger partial charge in [-0.2, -0.15) is 0 Å². The van der Waals surface area contributed by atoms with Crippen molar-refractivity contribution >= 4 is 27.5 Å². The molecule has 2 aromatic carbocycles. The molecule has 32 heavy (non-hydrogen) atoms. The highest BCUT2D eigenvalue weighted by Gasteiger charge is 2.14. The van der Waals surface area contributed by atoms with Crippen LogP contribution >= 0.6 is 11.3 Å². The molecule has 0 unspecified atom stereocenters. The molecule has 0 radical (unpaired) electrons. The zero-order chi connectivity index (χ0) is 22.3. The van der Waals surface area contributed by atoms with Crippen molar-refractivity contribution in [1.29, 1.82) is 0 Å². The van der Waals surface area contributed by atoms with Gasteiger partial charge in [0.1, 0.15) is 23.0 Å².